The Morgan fingerprint density at radius 2 is 1.96 bits per heavy atom. The molecule has 5 heteroatoms. The van der Waals surface area contributed by atoms with Gasteiger partial charge in [0, 0.05) is 23.3 Å². The van der Waals surface area contributed by atoms with E-state index in [1.165, 1.54) is 16.1 Å². The van der Waals surface area contributed by atoms with Crippen LogP contribution in [-0.4, -0.2) is 15.9 Å². The number of anilines is 1. The van der Waals surface area contributed by atoms with Gasteiger partial charge in [0.15, 0.2) is 5.82 Å². The minimum Gasteiger partial charge on any atom is -0.272 e. The molecule has 0 unspecified atom stereocenters. The number of hydrogen-bond donors (Lipinski definition) is 1. The molecule has 1 atom stereocenters. The summed E-state index contributed by atoms with van der Waals surface area (Å²) in [6, 6.07) is 10.3. The van der Waals surface area contributed by atoms with Crippen molar-refractivity contribution in [2.24, 2.45) is 5.84 Å². The highest BCUT2D eigenvalue weighted by molar-refractivity contribution is 6.07. The minimum atomic E-state index is -0.618. The van der Waals surface area contributed by atoms with E-state index in [1.54, 1.807) is 6.20 Å². The molecule has 2 aromatic heterocycles. The SMILES string of the molecule is Cc1cnc2cc3c(cc2c1)C[C@@]1(C3)C(=O)N(N)c2ncccc21. The summed E-state index contributed by atoms with van der Waals surface area (Å²) in [5.41, 5.74) is 4.80. The number of benzene rings is 1. The Kier molecular flexibility index (Phi) is 2.49. The van der Waals surface area contributed by atoms with Crippen molar-refractivity contribution >= 4 is 22.6 Å². The zero-order valence-electron chi connectivity index (χ0n) is 13.3. The number of hydrazine groups is 1. The summed E-state index contributed by atoms with van der Waals surface area (Å²) in [6.45, 7) is 2.04. The molecule has 0 bridgehead atoms. The van der Waals surface area contributed by atoms with Gasteiger partial charge in [-0.15, -0.1) is 0 Å². The molecule has 1 spiro atoms. The summed E-state index contributed by atoms with van der Waals surface area (Å²) in [5.74, 6) is 6.52. The van der Waals surface area contributed by atoms with E-state index in [2.05, 4.69) is 28.2 Å². The van der Waals surface area contributed by atoms with E-state index in [0.29, 0.717) is 18.7 Å². The van der Waals surface area contributed by atoms with Crippen molar-refractivity contribution in [2.45, 2.75) is 25.2 Å². The van der Waals surface area contributed by atoms with Crippen molar-refractivity contribution in [3.8, 4) is 0 Å². The lowest BCUT2D eigenvalue weighted by atomic mass is 9.79. The van der Waals surface area contributed by atoms with Crippen molar-refractivity contribution in [1.29, 1.82) is 0 Å². The van der Waals surface area contributed by atoms with Gasteiger partial charge in [0.05, 0.1) is 10.9 Å². The lowest BCUT2D eigenvalue weighted by Crippen LogP contribution is -2.44. The fraction of sp³-hybridized carbons (Fsp3) is 0.211. The fourth-order valence-electron chi connectivity index (χ4n) is 4.16. The van der Waals surface area contributed by atoms with Gasteiger partial charge in [0.2, 0.25) is 0 Å². The maximum atomic E-state index is 12.9. The number of nitrogens with two attached hydrogens (primary N) is 1. The molecule has 2 N–H and O–H groups in total. The van der Waals surface area contributed by atoms with Crippen LogP contribution in [0.4, 0.5) is 5.82 Å². The first-order valence-corrected chi connectivity index (χ1v) is 8.01. The smallest absolute Gasteiger partial charge is 0.253 e. The first-order valence-electron chi connectivity index (χ1n) is 8.01. The molecule has 0 fully saturated rings. The third-order valence-electron chi connectivity index (χ3n) is 5.28. The molecule has 5 nitrogen and oxygen atoms in total. The molecule has 118 valence electrons. The van der Waals surface area contributed by atoms with Crippen LogP contribution in [0.2, 0.25) is 0 Å². The Morgan fingerprint density at radius 1 is 1.17 bits per heavy atom. The molecule has 1 aromatic carbocycles. The molecular formula is C19H16N4O. The minimum absolute atomic E-state index is 0.0689. The highest BCUT2D eigenvalue weighted by Crippen LogP contribution is 2.48. The standard InChI is InChI=1S/C19H16N4O/c1-11-5-12-6-13-8-19(9-14(13)7-16(12)22-10-11)15-3-2-4-21-17(15)23(20)18(19)24/h2-7,10H,8-9,20H2,1H3/t19-/m0/s1. The zero-order chi connectivity index (χ0) is 16.5. The Hall–Kier alpha value is -2.79. The molecule has 3 heterocycles. The number of amides is 1. The van der Waals surface area contributed by atoms with Crippen molar-refractivity contribution in [3.05, 3.63) is 65.0 Å². The number of aryl methyl sites for hydroxylation is 1. The Bertz CT molecular complexity index is 1030. The van der Waals surface area contributed by atoms with Crippen LogP contribution in [0.15, 0.2) is 42.7 Å². The molecule has 1 aliphatic heterocycles. The van der Waals surface area contributed by atoms with Gasteiger partial charge in [-0.1, -0.05) is 6.07 Å². The molecule has 24 heavy (non-hydrogen) atoms. The third-order valence-corrected chi connectivity index (χ3v) is 5.28. The quantitative estimate of drug-likeness (QED) is 0.510. The van der Waals surface area contributed by atoms with Crippen LogP contribution >= 0.6 is 0 Å². The van der Waals surface area contributed by atoms with E-state index in [0.717, 1.165) is 22.0 Å². The van der Waals surface area contributed by atoms with Gasteiger partial charge in [0.25, 0.3) is 5.91 Å². The van der Waals surface area contributed by atoms with Crippen LogP contribution in [0.5, 0.6) is 0 Å². The molecule has 1 amide bonds. The monoisotopic (exact) mass is 316 g/mol. The molecule has 2 aliphatic rings. The first kappa shape index (κ1) is 13.6. The van der Waals surface area contributed by atoms with E-state index in [-0.39, 0.29) is 5.91 Å². The molecule has 5 rings (SSSR count). The first-order chi connectivity index (χ1) is 11.6. The summed E-state index contributed by atoms with van der Waals surface area (Å²) in [4.78, 5) is 21.8. The van der Waals surface area contributed by atoms with Gasteiger partial charge >= 0.3 is 0 Å². The zero-order valence-corrected chi connectivity index (χ0v) is 13.3. The predicted molar refractivity (Wildman–Crippen MR) is 91.5 cm³/mol. The Morgan fingerprint density at radius 3 is 2.79 bits per heavy atom. The predicted octanol–water partition coefficient (Wildman–Crippen LogP) is 2.20. The highest BCUT2D eigenvalue weighted by Gasteiger charge is 2.54. The van der Waals surface area contributed by atoms with Crippen molar-refractivity contribution in [2.75, 3.05) is 5.01 Å². The van der Waals surface area contributed by atoms with Crippen molar-refractivity contribution in [3.63, 3.8) is 0 Å². The van der Waals surface area contributed by atoms with Crippen molar-refractivity contribution in [1.82, 2.24) is 9.97 Å². The number of fused-ring (bicyclic) bond motifs is 4. The lowest BCUT2D eigenvalue weighted by Gasteiger charge is -2.21. The van der Waals surface area contributed by atoms with E-state index in [4.69, 9.17) is 5.84 Å². The topological polar surface area (TPSA) is 72.1 Å². The fourth-order valence-corrected chi connectivity index (χ4v) is 4.16. The number of carbonyl (C=O) groups is 1. The van der Waals surface area contributed by atoms with Crippen LogP contribution in [0, 0.1) is 6.92 Å². The molecule has 0 saturated carbocycles. The van der Waals surface area contributed by atoms with Crippen LogP contribution < -0.4 is 10.9 Å². The average molecular weight is 316 g/mol. The molecule has 0 radical (unpaired) electrons. The summed E-state index contributed by atoms with van der Waals surface area (Å²) in [5, 5.41) is 2.33. The summed E-state index contributed by atoms with van der Waals surface area (Å²) in [7, 11) is 0. The van der Waals surface area contributed by atoms with E-state index < -0.39 is 5.41 Å². The van der Waals surface area contributed by atoms with Gasteiger partial charge in [-0.3, -0.25) is 9.78 Å². The van der Waals surface area contributed by atoms with Gasteiger partial charge in [0.1, 0.15) is 0 Å². The van der Waals surface area contributed by atoms with Crippen LogP contribution in [0.1, 0.15) is 22.3 Å². The second kappa shape index (κ2) is 4.39. The van der Waals surface area contributed by atoms with Gasteiger partial charge < -0.3 is 0 Å². The number of hydrogen-bond acceptors (Lipinski definition) is 4. The van der Waals surface area contributed by atoms with E-state index >= 15 is 0 Å². The van der Waals surface area contributed by atoms with Gasteiger partial charge in [-0.05, 0) is 60.7 Å². The largest absolute Gasteiger partial charge is 0.272 e. The van der Waals surface area contributed by atoms with Crippen LogP contribution in [0.3, 0.4) is 0 Å². The Labute approximate surface area is 139 Å². The maximum absolute atomic E-state index is 12.9. The second-order valence-electron chi connectivity index (χ2n) is 6.81. The average Bonchev–Trinajstić information content (AvgIpc) is 3.05. The number of aromatic nitrogens is 2. The molecule has 1 aliphatic carbocycles. The number of nitrogens with zero attached hydrogens (tertiary/aromatic N) is 3. The normalized spacial score (nSPS) is 21.6. The van der Waals surface area contributed by atoms with Crippen LogP contribution in [-0.2, 0) is 23.1 Å². The summed E-state index contributed by atoms with van der Waals surface area (Å²) >= 11 is 0. The van der Waals surface area contributed by atoms with Gasteiger partial charge in [-0.2, -0.15) is 0 Å². The summed E-state index contributed by atoms with van der Waals surface area (Å²) in [6.07, 6.45) is 4.87. The Balaban J connectivity index is 1.70. The lowest BCUT2D eigenvalue weighted by molar-refractivity contribution is -0.123. The second-order valence-corrected chi connectivity index (χ2v) is 6.81. The molecular weight excluding hydrogens is 300 g/mol. The number of pyridine rings is 2. The molecule has 3 aromatic rings. The van der Waals surface area contributed by atoms with E-state index in [1.807, 2.05) is 25.3 Å². The van der Waals surface area contributed by atoms with Gasteiger partial charge in [-0.25, -0.2) is 15.8 Å². The molecule has 0 saturated heterocycles. The third kappa shape index (κ3) is 1.59. The summed E-state index contributed by atoms with van der Waals surface area (Å²) < 4.78 is 0. The maximum Gasteiger partial charge on any atom is 0.253 e. The van der Waals surface area contributed by atoms with E-state index in [9.17, 15) is 4.79 Å². The van der Waals surface area contributed by atoms with Crippen molar-refractivity contribution < 1.29 is 4.79 Å². The number of rotatable bonds is 0. The van der Waals surface area contributed by atoms with Crippen LogP contribution in [0.25, 0.3) is 10.9 Å². The number of carbonyl (C=O) groups excluding carboxylic acids is 1. The highest BCUT2D eigenvalue weighted by atomic mass is 16.2.